The maximum absolute atomic E-state index is 12.5. The topological polar surface area (TPSA) is 75.4 Å². The predicted octanol–water partition coefficient (Wildman–Crippen LogP) is 0.817. The van der Waals surface area contributed by atoms with Crippen LogP contribution in [-0.4, -0.2) is 41.8 Å². The molecule has 0 spiro atoms. The van der Waals surface area contributed by atoms with Gasteiger partial charge in [0.2, 0.25) is 11.8 Å². The first kappa shape index (κ1) is 15.9. The molecule has 0 aromatic rings. The number of hydrogen-bond donors (Lipinski definition) is 2. The minimum absolute atomic E-state index is 0.0587. The van der Waals surface area contributed by atoms with Gasteiger partial charge in [-0.3, -0.25) is 9.59 Å². The fraction of sp³-hybridized carbons (Fsp3) is 0.769. The lowest BCUT2D eigenvalue weighted by Gasteiger charge is -2.31. The third-order valence-corrected chi connectivity index (χ3v) is 4.03. The van der Waals surface area contributed by atoms with Crippen molar-refractivity contribution < 1.29 is 9.59 Å². The van der Waals surface area contributed by atoms with E-state index in [0.29, 0.717) is 19.4 Å². The van der Waals surface area contributed by atoms with Crippen LogP contribution in [0, 0.1) is 5.41 Å². The van der Waals surface area contributed by atoms with Crippen LogP contribution in [0.25, 0.3) is 0 Å². The standard InChI is InChI=1S/C13H23N3O2S/c1-3-8-15-10(17)9-16(2)12(18)13(11(14)19)6-4-5-7-13/h3-9H2,1-2H3,(H2,14,19)(H,15,17). The Labute approximate surface area is 119 Å². The Bertz CT molecular complexity index is 365. The van der Waals surface area contributed by atoms with Gasteiger partial charge in [-0.2, -0.15) is 0 Å². The first-order chi connectivity index (χ1) is 8.94. The highest BCUT2D eigenvalue weighted by atomic mass is 32.1. The predicted molar refractivity (Wildman–Crippen MR) is 78.6 cm³/mol. The van der Waals surface area contributed by atoms with Gasteiger partial charge >= 0.3 is 0 Å². The van der Waals surface area contributed by atoms with E-state index in [4.69, 9.17) is 18.0 Å². The van der Waals surface area contributed by atoms with E-state index in [1.54, 1.807) is 7.05 Å². The average Bonchev–Trinajstić information content (AvgIpc) is 2.85. The summed E-state index contributed by atoms with van der Waals surface area (Å²) in [5.41, 5.74) is 5.04. The molecule has 0 aliphatic heterocycles. The molecular formula is C13H23N3O2S. The van der Waals surface area contributed by atoms with Crippen molar-refractivity contribution in [3.05, 3.63) is 0 Å². The van der Waals surface area contributed by atoms with Crippen LogP contribution < -0.4 is 11.1 Å². The number of amides is 2. The molecular weight excluding hydrogens is 262 g/mol. The third-order valence-electron chi connectivity index (χ3n) is 3.64. The summed E-state index contributed by atoms with van der Waals surface area (Å²) in [7, 11) is 1.63. The molecule has 2 amide bonds. The van der Waals surface area contributed by atoms with Gasteiger partial charge in [0.15, 0.2) is 0 Å². The molecule has 0 atom stereocenters. The number of likely N-dealkylation sites (N-methyl/N-ethyl adjacent to an activating group) is 1. The molecule has 0 radical (unpaired) electrons. The van der Waals surface area contributed by atoms with Crippen molar-refractivity contribution in [2.24, 2.45) is 11.1 Å². The highest BCUT2D eigenvalue weighted by Gasteiger charge is 2.45. The van der Waals surface area contributed by atoms with Crippen LogP contribution in [0.5, 0.6) is 0 Å². The number of nitrogens with one attached hydrogen (secondary N) is 1. The first-order valence-corrected chi connectivity index (χ1v) is 7.17. The Kier molecular flexibility index (Phi) is 5.72. The van der Waals surface area contributed by atoms with Crippen molar-refractivity contribution in [3.63, 3.8) is 0 Å². The van der Waals surface area contributed by atoms with Crippen LogP contribution in [0.1, 0.15) is 39.0 Å². The summed E-state index contributed by atoms with van der Waals surface area (Å²) in [5, 5.41) is 2.75. The molecule has 6 heteroatoms. The molecule has 3 N–H and O–H groups in total. The maximum Gasteiger partial charge on any atom is 0.239 e. The molecule has 108 valence electrons. The van der Waals surface area contributed by atoms with Crippen molar-refractivity contribution in [2.45, 2.75) is 39.0 Å². The van der Waals surface area contributed by atoms with E-state index in [9.17, 15) is 9.59 Å². The molecule has 5 nitrogen and oxygen atoms in total. The zero-order valence-corrected chi connectivity index (χ0v) is 12.5. The molecule has 0 aromatic heterocycles. The number of carbonyl (C=O) groups is 2. The molecule has 1 aliphatic carbocycles. The van der Waals surface area contributed by atoms with Gasteiger partial charge in [-0.1, -0.05) is 32.0 Å². The summed E-state index contributed by atoms with van der Waals surface area (Å²) in [5.74, 6) is -0.266. The minimum atomic E-state index is -0.727. The second-order valence-corrected chi connectivity index (χ2v) is 5.60. The molecule has 1 fully saturated rings. The van der Waals surface area contributed by atoms with Crippen LogP contribution in [0.2, 0.25) is 0 Å². The summed E-state index contributed by atoms with van der Waals surface area (Å²) < 4.78 is 0. The largest absolute Gasteiger partial charge is 0.392 e. The Morgan fingerprint density at radius 2 is 1.95 bits per heavy atom. The van der Waals surface area contributed by atoms with Crippen molar-refractivity contribution in [3.8, 4) is 0 Å². The number of nitrogens with two attached hydrogens (primary N) is 1. The number of thiocarbonyl (C=S) groups is 1. The normalized spacial score (nSPS) is 16.9. The van der Waals surface area contributed by atoms with Crippen LogP contribution in [0.15, 0.2) is 0 Å². The quantitative estimate of drug-likeness (QED) is 0.708. The molecule has 0 saturated heterocycles. The molecule has 0 unspecified atom stereocenters. The number of nitrogens with zero attached hydrogens (tertiary/aromatic N) is 1. The second kappa shape index (κ2) is 6.84. The fourth-order valence-electron chi connectivity index (χ4n) is 2.52. The van der Waals surface area contributed by atoms with E-state index >= 15 is 0 Å². The van der Waals surface area contributed by atoms with Gasteiger partial charge in [0.05, 0.1) is 16.9 Å². The van der Waals surface area contributed by atoms with Gasteiger partial charge in [0.1, 0.15) is 0 Å². The monoisotopic (exact) mass is 285 g/mol. The minimum Gasteiger partial charge on any atom is -0.392 e. The van der Waals surface area contributed by atoms with E-state index in [-0.39, 0.29) is 23.3 Å². The summed E-state index contributed by atoms with van der Waals surface area (Å²) in [6.45, 7) is 2.67. The third kappa shape index (κ3) is 3.65. The lowest BCUT2D eigenvalue weighted by molar-refractivity contribution is -0.140. The first-order valence-electron chi connectivity index (χ1n) is 6.76. The Morgan fingerprint density at radius 1 is 1.37 bits per heavy atom. The maximum atomic E-state index is 12.5. The van der Waals surface area contributed by atoms with Gasteiger partial charge in [0.25, 0.3) is 0 Å². The van der Waals surface area contributed by atoms with E-state index in [0.717, 1.165) is 19.3 Å². The highest BCUT2D eigenvalue weighted by molar-refractivity contribution is 7.80. The van der Waals surface area contributed by atoms with Crippen LogP contribution >= 0.6 is 12.2 Å². The lowest BCUT2D eigenvalue weighted by atomic mass is 9.84. The van der Waals surface area contributed by atoms with Crippen LogP contribution in [0.3, 0.4) is 0 Å². The van der Waals surface area contributed by atoms with Crippen molar-refractivity contribution in [1.82, 2.24) is 10.2 Å². The van der Waals surface area contributed by atoms with Gasteiger partial charge in [-0.25, -0.2) is 0 Å². The molecule has 1 saturated carbocycles. The average molecular weight is 285 g/mol. The molecule has 0 bridgehead atoms. The van der Waals surface area contributed by atoms with E-state index in [1.807, 2.05) is 6.92 Å². The number of rotatable bonds is 6. The zero-order chi connectivity index (χ0) is 14.5. The summed E-state index contributed by atoms with van der Waals surface area (Å²) >= 11 is 5.08. The van der Waals surface area contributed by atoms with Gasteiger partial charge in [0, 0.05) is 13.6 Å². The van der Waals surface area contributed by atoms with Gasteiger partial charge in [-0.15, -0.1) is 0 Å². The highest BCUT2D eigenvalue weighted by Crippen LogP contribution is 2.39. The van der Waals surface area contributed by atoms with Crippen molar-refractivity contribution in [2.75, 3.05) is 20.1 Å². The zero-order valence-electron chi connectivity index (χ0n) is 11.7. The van der Waals surface area contributed by atoms with Crippen LogP contribution in [-0.2, 0) is 9.59 Å². The molecule has 1 rings (SSSR count). The van der Waals surface area contributed by atoms with E-state index in [2.05, 4.69) is 5.32 Å². The van der Waals surface area contributed by atoms with Gasteiger partial charge < -0.3 is 16.0 Å². The van der Waals surface area contributed by atoms with Gasteiger partial charge in [-0.05, 0) is 19.3 Å². The second-order valence-electron chi connectivity index (χ2n) is 5.16. The molecule has 1 aliphatic rings. The Balaban J connectivity index is 2.65. The summed E-state index contributed by atoms with van der Waals surface area (Å²) in [6, 6.07) is 0. The summed E-state index contributed by atoms with van der Waals surface area (Å²) in [4.78, 5) is 25.8. The SMILES string of the molecule is CCCNC(=O)CN(C)C(=O)C1(C(N)=S)CCCC1. The molecule has 0 heterocycles. The smallest absolute Gasteiger partial charge is 0.239 e. The molecule has 0 aromatic carbocycles. The number of carbonyl (C=O) groups excluding carboxylic acids is 2. The van der Waals surface area contributed by atoms with E-state index < -0.39 is 5.41 Å². The van der Waals surface area contributed by atoms with Crippen molar-refractivity contribution >= 4 is 29.0 Å². The fourth-order valence-corrected chi connectivity index (χ4v) is 2.81. The Hall–Kier alpha value is -1.17. The molecule has 19 heavy (non-hydrogen) atoms. The number of hydrogen-bond acceptors (Lipinski definition) is 3. The lowest BCUT2D eigenvalue weighted by Crippen LogP contribution is -2.50. The Morgan fingerprint density at radius 3 is 2.42 bits per heavy atom. The van der Waals surface area contributed by atoms with E-state index in [1.165, 1.54) is 4.90 Å². The van der Waals surface area contributed by atoms with Crippen LogP contribution in [0.4, 0.5) is 0 Å². The summed E-state index contributed by atoms with van der Waals surface area (Å²) in [6.07, 6.45) is 4.18. The van der Waals surface area contributed by atoms with Crippen molar-refractivity contribution in [1.29, 1.82) is 0 Å².